The quantitative estimate of drug-likeness (QED) is 0.309. The van der Waals surface area contributed by atoms with Crippen molar-refractivity contribution in [2.75, 3.05) is 6.61 Å². The van der Waals surface area contributed by atoms with Crippen molar-refractivity contribution < 1.29 is 23.8 Å². The van der Waals surface area contributed by atoms with Crippen LogP contribution < -0.4 is 4.74 Å². The molecule has 4 rings (SSSR count). The smallest absolute Gasteiger partial charge is 0.296 e. The first-order valence-electron chi connectivity index (χ1n) is 11.0. The van der Waals surface area contributed by atoms with Gasteiger partial charge in [-0.15, -0.1) is 0 Å². The van der Waals surface area contributed by atoms with Crippen LogP contribution in [0.5, 0.6) is 5.75 Å². The topological polar surface area (TPSA) is 79.7 Å². The first kappa shape index (κ1) is 23.2. The van der Waals surface area contributed by atoms with E-state index in [1.165, 1.54) is 29.2 Å². The molecule has 1 N–H and O–H groups in total. The first-order valence-corrected chi connectivity index (χ1v) is 11.0. The Morgan fingerprint density at radius 1 is 1.09 bits per heavy atom. The molecule has 1 amide bonds. The van der Waals surface area contributed by atoms with E-state index in [4.69, 9.17) is 4.74 Å². The standard InChI is InChI=1S/C27H25FN2O4/c1-17(2)16-34-22-8-5-6-19(14-22)25(31)23-24(18-9-11-20(28)12-10-18)30(27(33)26(23)32)15-21-7-3-4-13-29-21/h3-14,17,24,31H,15-16H2,1-2H3/b25-23-. The van der Waals surface area contributed by atoms with Gasteiger partial charge >= 0.3 is 0 Å². The number of rotatable bonds is 7. The van der Waals surface area contributed by atoms with Crippen LogP contribution in [0.1, 0.15) is 36.7 Å². The molecule has 7 heteroatoms. The number of carbonyl (C=O) groups is 2. The van der Waals surface area contributed by atoms with Crippen molar-refractivity contribution in [1.82, 2.24) is 9.88 Å². The molecule has 1 unspecified atom stereocenters. The number of aliphatic hydroxyl groups excluding tert-OH is 1. The minimum absolute atomic E-state index is 0.0573. The monoisotopic (exact) mass is 460 g/mol. The molecule has 1 aromatic heterocycles. The zero-order chi connectivity index (χ0) is 24.2. The van der Waals surface area contributed by atoms with E-state index in [0.29, 0.717) is 35.1 Å². The van der Waals surface area contributed by atoms with E-state index in [1.807, 2.05) is 13.8 Å². The van der Waals surface area contributed by atoms with Gasteiger partial charge in [-0.1, -0.05) is 44.2 Å². The minimum Gasteiger partial charge on any atom is -0.507 e. The van der Waals surface area contributed by atoms with Gasteiger partial charge < -0.3 is 14.7 Å². The molecule has 0 bridgehead atoms. The lowest BCUT2D eigenvalue weighted by Crippen LogP contribution is -2.29. The number of aromatic nitrogens is 1. The van der Waals surface area contributed by atoms with Gasteiger partial charge in [0, 0.05) is 11.8 Å². The Labute approximate surface area is 197 Å². The number of ketones is 1. The van der Waals surface area contributed by atoms with Crippen LogP contribution in [0.3, 0.4) is 0 Å². The van der Waals surface area contributed by atoms with E-state index >= 15 is 0 Å². The Morgan fingerprint density at radius 2 is 1.85 bits per heavy atom. The molecular formula is C27H25FN2O4. The maximum absolute atomic E-state index is 13.6. The molecule has 0 spiro atoms. The largest absolute Gasteiger partial charge is 0.507 e. The summed E-state index contributed by atoms with van der Waals surface area (Å²) in [5, 5.41) is 11.2. The summed E-state index contributed by atoms with van der Waals surface area (Å²) in [6.07, 6.45) is 1.60. The van der Waals surface area contributed by atoms with Gasteiger partial charge in [-0.2, -0.15) is 0 Å². The molecule has 1 atom stereocenters. The summed E-state index contributed by atoms with van der Waals surface area (Å²) in [5.41, 5.74) is 1.38. The molecule has 0 aliphatic carbocycles. The number of likely N-dealkylation sites (tertiary alicyclic amines) is 1. The van der Waals surface area contributed by atoms with Crippen LogP contribution in [-0.4, -0.2) is 33.3 Å². The van der Waals surface area contributed by atoms with Crippen LogP contribution in [0.4, 0.5) is 4.39 Å². The van der Waals surface area contributed by atoms with Crippen molar-refractivity contribution in [2.24, 2.45) is 5.92 Å². The van der Waals surface area contributed by atoms with Crippen molar-refractivity contribution in [3.63, 3.8) is 0 Å². The Bertz CT molecular complexity index is 1220. The Hall–Kier alpha value is -4.00. The number of hydrogen-bond acceptors (Lipinski definition) is 5. The highest BCUT2D eigenvalue weighted by molar-refractivity contribution is 6.46. The van der Waals surface area contributed by atoms with E-state index in [1.54, 1.807) is 48.7 Å². The number of nitrogens with zero attached hydrogens (tertiary/aromatic N) is 2. The summed E-state index contributed by atoms with van der Waals surface area (Å²) >= 11 is 0. The Kier molecular flexibility index (Phi) is 6.72. The van der Waals surface area contributed by atoms with Crippen molar-refractivity contribution in [2.45, 2.75) is 26.4 Å². The lowest BCUT2D eigenvalue weighted by Gasteiger charge is -2.25. The summed E-state index contributed by atoms with van der Waals surface area (Å²) in [7, 11) is 0. The maximum atomic E-state index is 13.6. The molecule has 2 aromatic carbocycles. The Morgan fingerprint density at radius 3 is 2.53 bits per heavy atom. The second kappa shape index (κ2) is 9.87. The number of pyridine rings is 1. The van der Waals surface area contributed by atoms with Gasteiger partial charge in [-0.05, 0) is 47.9 Å². The first-order chi connectivity index (χ1) is 16.3. The second-order valence-corrected chi connectivity index (χ2v) is 8.53. The predicted molar refractivity (Wildman–Crippen MR) is 125 cm³/mol. The van der Waals surface area contributed by atoms with E-state index in [2.05, 4.69) is 4.98 Å². The molecular weight excluding hydrogens is 435 g/mol. The van der Waals surface area contributed by atoms with Crippen LogP contribution in [0.15, 0.2) is 78.5 Å². The number of aliphatic hydroxyl groups is 1. The number of amides is 1. The molecule has 34 heavy (non-hydrogen) atoms. The van der Waals surface area contributed by atoms with E-state index in [9.17, 15) is 19.1 Å². The number of halogens is 1. The van der Waals surface area contributed by atoms with Gasteiger partial charge in [0.05, 0.1) is 30.5 Å². The van der Waals surface area contributed by atoms with E-state index < -0.39 is 23.5 Å². The molecule has 174 valence electrons. The normalized spacial score (nSPS) is 17.4. The highest BCUT2D eigenvalue weighted by atomic mass is 19.1. The lowest BCUT2D eigenvalue weighted by atomic mass is 9.95. The summed E-state index contributed by atoms with van der Waals surface area (Å²) < 4.78 is 19.4. The average molecular weight is 461 g/mol. The Balaban J connectivity index is 1.79. The number of Topliss-reactive ketones (excluding diaryl/α,β-unsaturated/α-hetero) is 1. The summed E-state index contributed by atoms with van der Waals surface area (Å²) in [4.78, 5) is 31.8. The highest BCUT2D eigenvalue weighted by Crippen LogP contribution is 2.40. The van der Waals surface area contributed by atoms with Crippen molar-refractivity contribution >= 4 is 17.4 Å². The summed E-state index contributed by atoms with van der Waals surface area (Å²) in [6.45, 7) is 4.60. The molecule has 2 heterocycles. The number of benzene rings is 2. The third-order valence-corrected chi connectivity index (χ3v) is 5.47. The van der Waals surface area contributed by atoms with Crippen LogP contribution in [0.25, 0.3) is 5.76 Å². The highest BCUT2D eigenvalue weighted by Gasteiger charge is 2.46. The van der Waals surface area contributed by atoms with Crippen LogP contribution >= 0.6 is 0 Å². The van der Waals surface area contributed by atoms with Gasteiger partial charge in [0.15, 0.2) is 0 Å². The molecule has 0 saturated carbocycles. The van der Waals surface area contributed by atoms with Gasteiger partial charge in [0.25, 0.3) is 11.7 Å². The van der Waals surface area contributed by atoms with Gasteiger partial charge in [0.2, 0.25) is 0 Å². The zero-order valence-corrected chi connectivity index (χ0v) is 18.9. The van der Waals surface area contributed by atoms with Gasteiger partial charge in [-0.3, -0.25) is 14.6 Å². The minimum atomic E-state index is -0.900. The van der Waals surface area contributed by atoms with Crippen molar-refractivity contribution in [3.8, 4) is 5.75 Å². The molecule has 1 fully saturated rings. The van der Waals surface area contributed by atoms with E-state index in [0.717, 1.165) is 0 Å². The van der Waals surface area contributed by atoms with Crippen LogP contribution in [-0.2, 0) is 16.1 Å². The fraction of sp³-hybridized carbons (Fsp3) is 0.222. The fourth-order valence-electron chi connectivity index (χ4n) is 3.85. The van der Waals surface area contributed by atoms with E-state index in [-0.39, 0.29) is 17.9 Å². The summed E-state index contributed by atoms with van der Waals surface area (Å²) in [5.74, 6) is -1.47. The van der Waals surface area contributed by atoms with Crippen LogP contribution in [0, 0.1) is 11.7 Å². The van der Waals surface area contributed by atoms with Crippen LogP contribution in [0.2, 0.25) is 0 Å². The number of carbonyl (C=O) groups excluding carboxylic acids is 2. The van der Waals surface area contributed by atoms with Crippen molar-refractivity contribution in [3.05, 3.63) is 101 Å². The molecule has 0 radical (unpaired) electrons. The SMILES string of the molecule is CC(C)COc1cccc(/C(O)=C2/C(=O)C(=O)N(Cc3ccccn3)C2c2ccc(F)cc2)c1. The zero-order valence-electron chi connectivity index (χ0n) is 18.9. The molecule has 6 nitrogen and oxygen atoms in total. The van der Waals surface area contributed by atoms with Crippen molar-refractivity contribution in [1.29, 1.82) is 0 Å². The molecule has 1 aliphatic heterocycles. The lowest BCUT2D eigenvalue weighted by molar-refractivity contribution is -0.140. The van der Waals surface area contributed by atoms with Gasteiger partial charge in [0.1, 0.15) is 17.3 Å². The predicted octanol–water partition coefficient (Wildman–Crippen LogP) is 4.88. The van der Waals surface area contributed by atoms with Gasteiger partial charge in [-0.25, -0.2) is 4.39 Å². The third kappa shape index (κ3) is 4.83. The maximum Gasteiger partial charge on any atom is 0.296 e. The third-order valence-electron chi connectivity index (χ3n) is 5.47. The summed E-state index contributed by atoms with van der Waals surface area (Å²) in [6, 6.07) is 16.7. The fourth-order valence-corrected chi connectivity index (χ4v) is 3.85. The molecule has 1 aliphatic rings. The second-order valence-electron chi connectivity index (χ2n) is 8.53. The molecule has 1 saturated heterocycles. The molecule has 3 aromatic rings. The average Bonchev–Trinajstić information content (AvgIpc) is 3.08. The number of hydrogen-bond donors (Lipinski definition) is 1. The number of ether oxygens (including phenoxy) is 1.